The summed E-state index contributed by atoms with van der Waals surface area (Å²) < 4.78 is 0. The van der Waals surface area contributed by atoms with E-state index < -0.39 is 0 Å². The third kappa shape index (κ3) is 1.88. The first kappa shape index (κ1) is 12.2. The van der Waals surface area contributed by atoms with Crippen LogP contribution < -0.4 is 10.9 Å². The molecule has 2 saturated heterocycles. The molecule has 0 radical (unpaired) electrons. The van der Waals surface area contributed by atoms with Crippen molar-refractivity contribution < 1.29 is 0 Å². The Morgan fingerprint density at radius 1 is 1.10 bits per heavy atom. The van der Waals surface area contributed by atoms with Crippen LogP contribution in [0, 0.1) is 6.92 Å². The summed E-state index contributed by atoms with van der Waals surface area (Å²) in [5, 5.41) is 5.58. The molecule has 0 aliphatic carbocycles. The summed E-state index contributed by atoms with van der Waals surface area (Å²) in [5.74, 6) is 0.505. The SMILES string of the molecule is Cc1cccc2c(=O)[nH]c(C3CC4CCC(C3)N4)cc12. The van der Waals surface area contributed by atoms with Gasteiger partial charge in [-0.3, -0.25) is 4.79 Å². The molecule has 2 atom stereocenters. The number of fused-ring (bicyclic) bond motifs is 3. The molecule has 20 heavy (non-hydrogen) atoms. The van der Waals surface area contributed by atoms with Crippen LogP contribution in [0.2, 0.25) is 0 Å². The number of aromatic nitrogens is 1. The maximum absolute atomic E-state index is 12.3. The zero-order valence-electron chi connectivity index (χ0n) is 11.8. The number of hydrogen-bond donors (Lipinski definition) is 2. The second-order valence-electron chi connectivity index (χ2n) is 6.40. The van der Waals surface area contributed by atoms with Crippen molar-refractivity contribution in [1.82, 2.24) is 10.3 Å². The third-order valence-electron chi connectivity index (χ3n) is 5.04. The standard InChI is InChI=1S/C17H20N2O/c1-10-3-2-4-14-15(10)9-16(19-17(14)20)11-7-12-5-6-13(8-11)18-12/h2-4,9,11-13,18H,5-8H2,1H3,(H,19,20). The molecule has 2 N–H and O–H groups in total. The number of rotatable bonds is 1. The summed E-state index contributed by atoms with van der Waals surface area (Å²) in [6.07, 6.45) is 4.89. The summed E-state index contributed by atoms with van der Waals surface area (Å²) in [5.41, 5.74) is 2.38. The Balaban J connectivity index is 1.81. The lowest BCUT2D eigenvalue weighted by atomic mass is 9.88. The highest BCUT2D eigenvalue weighted by Gasteiger charge is 2.34. The maximum Gasteiger partial charge on any atom is 0.256 e. The molecule has 3 heteroatoms. The second kappa shape index (κ2) is 4.45. The van der Waals surface area contributed by atoms with Gasteiger partial charge < -0.3 is 10.3 Å². The second-order valence-corrected chi connectivity index (χ2v) is 6.40. The number of H-pyrrole nitrogens is 1. The quantitative estimate of drug-likeness (QED) is 0.835. The molecular weight excluding hydrogens is 248 g/mol. The largest absolute Gasteiger partial charge is 0.325 e. The van der Waals surface area contributed by atoms with Crippen molar-refractivity contribution in [3.63, 3.8) is 0 Å². The molecule has 1 aromatic carbocycles. The summed E-state index contributed by atoms with van der Waals surface area (Å²) in [7, 11) is 0. The molecule has 0 spiro atoms. The average molecular weight is 268 g/mol. The van der Waals surface area contributed by atoms with Gasteiger partial charge in [0.05, 0.1) is 0 Å². The monoisotopic (exact) mass is 268 g/mol. The van der Waals surface area contributed by atoms with Crippen LogP contribution in [-0.4, -0.2) is 17.1 Å². The van der Waals surface area contributed by atoms with E-state index in [1.807, 2.05) is 12.1 Å². The van der Waals surface area contributed by atoms with E-state index in [1.54, 1.807) is 0 Å². The molecule has 1 aromatic heterocycles. The third-order valence-corrected chi connectivity index (χ3v) is 5.04. The summed E-state index contributed by atoms with van der Waals surface area (Å²) in [6.45, 7) is 2.08. The van der Waals surface area contributed by atoms with E-state index in [0.717, 1.165) is 29.3 Å². The molecule has 3 nitrogen and oxygen atoms in total. The predicted molar refractivity (Wildman–Crippen MR) is 81.2 cm³/mol. The normalized spacial score (nSPS) is 28.9. The van der Waals surface area contributed by atoms with Gasteiger partial charge in [-0.2, -0.15) is 0 Å². The lowest BCUT2D eigenvalue weighted by Gasteiger charge is -2.29. The highest BCUT2D eigenvalue weighted by Crippen LogP contribution is 2.36. The Bertz CT molecular complexity index is 706. The minimum Gasteiger partial charge on any atom is -0.325 e. The van der Waals surface area contributed by atoms with Crippen LogP contribution in [0.3, 0.4) is 0 Å². The molecule has 2 unspecified atom stereocenters. The molecule has 2 aliphatic heterocycles. The first-order valence-electron chi connectivity index (χ1n) is 7.59. The smallest absolute Gasteiger partial charge is 0.256 e. The van der Waals surface area contributed by atoms with Crippen LogP contribution in [0.25, 0.3) is 10.8 Å². The highest BCUT2D eigenvalue weighted by atomic mass is 16.1. The molecule has 2 bridgehead atoms. The minimum atomic E-state index is 0.0621. The summed E-state index contributed by atoms with van der Waals surface area (Å²) >= 11 is 0. The van der Waals surface area contributed by atoms with Crippen LogP contribution in [0.1, 0.15) is 42.9 Å². The highest BCUT2D eigenvalue weighted by molar-refractivity contribution is 5.85. The zero-order valence-corrected chi connectivity index (χ0v) is 11.8. The van der Waals surface area contributed by atoms with E-state index in [4.69, 9.17) is 0 Å². The molecule has 4 rings (SSSR count). The lowest BCUT2D eigenvalue weighted by molar-refractivity contribution is 0.359. The molecular formula is C17H20N2O. The van der Waals surface area contributed by atoms with Gasteiger partial charge in [-0.05, 0) is 55.7 Å². The number of aryl methyl sites for hydroxylation is 1. The van der Waals surface area contributed by atoms with Crippen molar-refractivity contribution in [2.45, 2.75) is 50.6 Å². The molecule has 0 saturated carbocycles. The first-order chi connectivity index (χ1) is 9.70. The first-order valence-corrected chi connectivity index (χ1v) is 7.59. The van der Waals surface area contributed by atoms with Gasteiger partial charge in [0.1, 0.15) is 0 Å². The van der Waals surface area contributed by atoms with Crippen LogP contribution in [0.15, 0.2) is 29.1 Å². The van der Waals surface area contributed by atoms with Crippen LogP contribution >= 0.6 is 0 Å². The molecule has 0 amide bonds. The number of pyridine rings is 1. The van der Waals surface area contributed by atoms with Gasteiger partial charge in [0, 0.05) is 29.1 Å². The number of hydrogen-bond acceptors (Lipinski definition) is 2. The van der Waals surface area contributed by atoms with Gasteiger partial charge in [-0.25, -0.2) is 0 Å². The fourth-order valence-electron chi connectivity index (χ4n) is 3.99. The molecule has 2 aromatic rings. The average Bonchev–Trinajstić information content (AvgIpc) is 2.78. The van der Waals surface area contributed by atoms with E-state index in [9.17, 15) is 4.79 Å². The summed E-state index contributed by atoms with van der Waals surface area (Å²) in [4.78, 5) is 15.4. The van der Waals surface area contributed by atoms with Crippen molar-refractivity contribution in [3.8, 4) is 0 Å². The summed E-state index contributed by atoms with van der Waals surface area (Å²) in [6, 6.07) is 9.46. The molecule has 104 valence electrons. The number of nitrogens with one attached hydrogen (secondary N) is 2. The van der Waals surface area contributed by atoms with E-state index in [-0.39, 0.29) is 5.56 Å². The van der Waals surface area contributed by atoms with E-state index in [1.165, 1.54) is 18.4 Å². The number of benzene rings is 1. The van der Waals surface area contributed by atoms with Gasteiger partial charge in [0.25, 0.3) is 5.56 Å². The number of piperidine rings is 1. The maximum atomic E-state index is 12.3. The van der Waals surface area contributed by atoms with Crippen molar-refractivity contribution in [2.24, 2.45) is 0 Å². The van der Waals surface area contributed by atoms with Crippen LogP contribution in [-0.2, 0) is 0 Å². The van der Waals surface area contributed by atoms with Crippen LogP contribution in [0.4, 0.5) is 0 Å². The van der Waals surface area contributed by atoms with Gasteiger partial charge in [-0.1, -0.05) is 12.1 Å². The molecule has 3 heterocycles. The Kier molecular flexibility index (Phi) is 2.71. The van der Waals surface area contributed by atoms with E-state index >= 15 is 0 Å². The van der Waals surface area contributed by atoms with Crippen molar-refractivity contribution in [2.75, 3.05) is 0 Å². The van der Waals surface area contributed by atoms with Crippen molar-refractivity contribution in [3.05, 3.63) is 45.9 Å². The van der Waals surface area contributed by atoms with E-state index in [0.29, 0.717) is 18.0 Å². The Hall–Kier alpha value is -1.61. The topological polar surface area (TPSA) is 44.9 Å². The Morgan fingerprint density at radius 2 is 1.85 bits per heavy atom. The molecule has 2 aliphatic rings. The Morgan fingerprint density at radius 3 is 2.60 bits per heavy atom. The molecule has 2 fully saturated rings. The van der Waals surface area contributed by atoms with Gasteiger partial charge in [0.15, 0.2) is 0 Å². The van der Waals surface area contributed by atoms with Gasteiger partial charge in [0.2, 0.25) is 0 Å². The van der Waals surface area contributed by atoms with Gasteiger partial charge in [-0.15, -0.1) is 0 Å². The van der Waals surface area contributed by atoms with Crippen LogP contribution in [0.5, 0.6) is 0 Å². The van der Waals surface area contributed by atoms with E-state index in [2.05, 4.69) is 29.4 Å². The minimum absolute atomic E-state index is 0.0621. The van der Waals surface area contributed by atoms with Crippen molar-refractivity contribution >= 4 is 10.8 Å². The fraction of sp³-hybridized carbons (Fsp3) is 0.471. The van der Waals surface area contributed by atoms with Gasteiger partial charge >= 0.3 is 0 Å². The lowest BCUT2D eigenvalue weighted by Crippen LogP contribution is -2.37. The fourth-order valence-corrected chi connectivity index (χ4v) is 3.99. The van der Waals surface area contributed by atoms with Crippen molar-refractivity contribution in [1.29, 1.82) is 0 Å². The Labute approximate surface area is 118 Å². The predicted octanol–water partition coefficient (Wildman–Crippen LogP) is 2.83. The number of aromatic amines is 1. The zero-order chi connectivity index (χ0) is 13.7.